The molecule has 1 atom stereocenters. The molecule has 0 heterocycles. The molecule has 0 saturated carbocycles. The Labute approximate surface area is 134 Å². The molecular weight excluding hydrogens is 315 g/mol. The average molecular weight is 335 g/mol. The lowest BCUT2D eigenvalue weighted by Crippen LogP contribution is -2.33. The number of amides is 1. The van der Waals surface area contributed by atoms with Crippen molar-refractivity contribution in [3.63, 3.8) is 0 Å². The maximum Gasteiger partial charge on any atom is 0.222 e. The van der Waals surface area contributed by atoms with Crippen LogP contribution in [0.1, 0.15) is 12.8 Å². The topological polar surface area (TPSA) is 73.6 Å². The van der Waals surface area contributed by atoms with Gasteiger partial charge in [-0.1, -0.05) is 23.2 Å². The molecule has 0 aliphatic carbocycles. The van der Waals surface area contributed by atoms with Crippen molar-refractivity contribution in [2.45, 2.75) is 18.9 Å². The van der Waals surface area contributed by atoms with Gasteiger partial charge >= 0.3 is 0 Å². The molecule has 0 spiro atoms. The van der Waals surface area contributed by atoms with Crippen molar-refractivity contribution in [1.82, 2.24) is 5.32 Å². The Kier molecular flexibility index (Phi) is 8.45. The molecule has 7 heteroatoms. The van der Waals surface area contributed by atoms with Gasteiger partial charge < -0.3 is 20.5 Å². The summed E-state index contributed by atoms with van der Waals surface area (Å²) in [6, 6.07) is 5.05. The summed E-state index contributed by atoms with van der Waals surface area (Å²) in [5.74, 6) is 0.492. The second-order valence-corrected chi connectivity index (χ2v) is 5.27. The van der Waals surface area contributed by atoms with E-state index in [2.05, 4.69) is 5.32 Å². The van der Waals surface area contributed by atoms with E-state index in [0.29, 0.717) is 41.9 Å². The van der Waals surface area contributed by atoms with Crippen LogP contribution < -0.4 is 15.8 Å². The minimum atomic E-state index is -0.242. The molecular formula is C14H20Cl2N2O3. The van der Waals surface area contributed by atoms with Gasteiger partial charge in [0.15, 0.2) is 0 Å². The van der Waals surface area contributed by atoms with E-state index >= 15 is 0 Å². The van der Waals surface area contributed by atoms with E-state index in [0.717, 1.165) is 0 Å². The molecule has 0 radical (unpaired) electrons. The third-order valence-electron chi connectivity index (χ3n) is 2.80. The summed E-state index contributed by atoms with van der Waals surface area (Å²) in [6.45, 7) is 1.29. The first kappa shape index (κ1) is 18.0. The fraction of sp³-hybridized carbons (Fsp3) is 0.500. The van der Waals surface area contributed by atoms with Crippen molar-refractivity contribution in [2.24, 2.45) is 5.73 Å². The molecule has 0 saturated heterocycles. The maximum atomic E-state index is 11.6. The van der Waals surface area contributed by atoms with E-state index in [1.807, 2.05) is 0 Å². The van der Waals surface area contributed by atoms with Crippen LogP contribution in [-0.4, -0.2) is 38.8 Å². The Balaban J connectivity index is 2.18. The molecule has 0 aliphatic rings. The number of carbonyl (C=O) groups excluding carboxylic acids is 1. The van der Waals surface area contributed by atoms with Gasteiger partial charge in [-0.15, -0.1) is 0 Å². The number of hydrogen-bond donors (Lipinski definition) is 2. The molecule has 1 aromatic carbocycles. The van der Waals surface area contributed by atoms with E-state index in [1.54, 1.807) is 18.2 Å². The Morgan fingerprint density at radius 1 is 1.43 bits per heavy atom. The molecule has 0 aliphatic heterocycles. The number of carbonyl (C=O) groups is 1. The quantitative estimate of drug-likeness (QED) is 0.679. The summed E-state index contributed by atoms with van der Waals surface area (Å²) in [7, 11) is 1.54. The van der Waals surface area contributed by atoms with Crippen molar-refractivity contribution in [3.8, 4) is 5.75 Å². The Morgan fingerprint density at radius 3 is 2.81 bits per heavy atom. The van der Waals surface area contributed by atoms with Gasteiger partial charge in [0.2, 0.25) is 5.91 Å². The molecule has 1 aromatic rings. The fourth-order valence-corrected chi connectivity index (χ4v) is 2.08. The maximum absolute atomic E-state index is 11.6. The first-order valence-corrected chi connectivity index (χ1v) is 7.39. The lowest BCUT2D eigenvalue weighted by atomic mass is 10.2. The highest BCUT2D eigenvalue weighted by molar-refractivity contribution is 6.35. The zero-order valence-corrected chi connectivity index (χ0v) is 13.4. The van der Waals surface area contributed by atoms with Crippen LogP contribution in [0.5, 0.6) is 5.75 Å². The number of nitrogens with one attached hydrogen (secondary N) is 1. The van der Waals surface area contributed by atoms with E-state index < -0.39 is 0 Å². The Bertz CT molecular complexity index is 454. The number of halogens is 2. The summed E-state index contributed by atoms with van der Waals surface area (Å²) in [5, 5.41) is 3.82. The van der Waals surface area contributed by atoms with Gasteiger partial charge in [-0.25, -0.2) is 0 Å². The van der Waals surface area contributed by atoms with Crippen molar-refractivity contribution in [2.75, 3.05) is 26.8 Å². The Hall–Kier alpha value is -1.01. The minimum Gasteiger partial charge on any atom is -0.492 e. The highest BCUT2D eigenvalue weighted by atomic mass is 35.5. The van der Waals surface area contributed by atoms with Gasteiger partial charge in [-0.3, -0.25) is 4.79 Å². The first-order valence-electron chi connectivity index (χ1n) is 6.64. The van der Waals surface area contributed by atoms with Crippen molar-refractivity contribution >= 4 is 29.1 Å². The van der Waals surface area contributed by atoms with Crippen LogP contribution in [0.3, 0.4) is 0 Å². The zero-order chi connectivity index (χ0) is 15.7. The normalized spacial score (nSPS) is 12.0. The van der Waals surface area contributed by atoms with Crippen LogP contribution in [0.2, 0.25) is 10.0 Å². The Morgan fingerprint density at radius 2 is 2.19 bits per heavy atom. The molecule has 0 fully saturated rings. The van der Waals surface area contributed by atoms with Crippen molar-refractivity contribution in [1.29, 1.82) is 0 Å². The van der Waals surface area contributed by atoms with E-state index in [4.69, 9.17) is 38.4 Å². The van der Waals surface area contributed by atoms with Crippen LogP contribution in [0.15, 0.2) is 18.2 Å². The van der Waals surface area contributed by atoms with Gasteiger partial charge in [0, 0.05) is 25.2 Å². The van der Waals surface area contributed by atoms with Crippen LogP contribution in [0, 0.1) is 0 Å². The van der Waals surface area contributed by atoms with Gasteiger partial charge in [0.25, 0.3) is 0 Å². The molecule has 1 unspecified atom stereocenters. The van der Waals surface area contributed by atoms with Crippen LogP contribution >= 0.6 is 23.2 Å². The zero-order valence-electron chi connectivity index (χ0n) is 11.9. The van der Waals surface area contributed by atoms with Gasteiger partial charge in [-0.05, 0) is 24.6 Å². The number of nitrogens with two attached hydrogens (primary N) is 1. The molecule has 21 heavy (non-hydrogen) atoms. The third-order valence-corrected chi connectivity index (χ3v) is 3.33. The van der Waals surface area contributed by atoms with Crippen molar-refractivity contribution < 1.29 is 14.3 Å². The third kappa shape index (κ3) is 7.00. The lowest BCUT2D eigenvalue weighted by molar-refractivity contribution is -0.123. The van der Waals surface area contributed by atoms with Crippen LogP contribution in [0.25, 0.3) is 0 Å². The van der Waals surface area contributed by atoms with E-state index in [-0.39, 0.29) is 18.4 Å². The molecule has 1 amide bonds. The summed E-state index contributed by atoms with van der Waals surface area (Å²) < 4.78 is 10.6. The largest absolute Gasteiger partial charge is 0.492 e. The number of ether oxygens (including phenoxy) is 2. The second kappa shape index (κ2) is 9.84. The van der Waals surface area contributed by atoms with E-state index in [9.17, 15) is 4.79 Å². The van der Waals surface area contributed by atoms with Gasteiger partial charge in [0.1, 0.15) is 5.75 Å². The summed E-state index contributed by atoms with van der Waals surface area (Å²) in [6.07, 6.45) is 0.691. The van der Waals surface area contributed by atoms with Crippen LogP contribution in [-0.2, 0) is 9.53 Å². The molecule has 3 N–H and O–H groups in total. The number of rotatable bonds is 9. The SMILES string of the molecule is COC(CN)CC(=O)NCCCOc1ccc(Cl)cc1Cl. The summed E-state index contributed by atoms with van der Waals surface area (Å²) >= 11 is 11.8. The molecule has 0 bridgehead atoms. The lowest BCUT2D eigenvalue weighted by Gasteiger charge is -2.13. The minimum absolute atomic E-state index is 0.0863. The van der Waals surface area contributed by atoms with Crippen molar-refractivity contribution in [3.05, 3.63) is 28.2 Å². The second-order valence-electron chi connectivity index (χ2n) is 4.42. The van der Waals surface area contributed by atoms with Gasteiger partial charge in [-0.2, -0.15) is 0 Å². The monoisotopic (exact) mass is 334 g/mol. The highest BCUT2D eigenvalue weighted by Crippen LogP contribution is 2.27. The summed E-state index contributed by atoms with van der Waals surface area (Å²) in [5.41, 5.74) is 5.45. The van der Waals surface area contributed by atoms with E-state index in [1.165, 1.54) is 7.11 Å². The smallest absolute Gasteiger partial charge is 0.222 e. The first-order chi connectivity index (χ1) is 10.1. The predicted octanol–water partition coefficient (Wildman–Crippen LogP) is 2.24. The molecule has 118 valence electrons. The summed E-state index contributed by atoms with van der Waals surface area (Å²) in [4.78, 5) is 11.6. The number of methoxy groups -OCH3 is 1. The number of hydrogen-bond acceptors (Lipinski definition) is 4. The van der Waals surface area contributed by atoms with Crippen LogP contribution in [0.4, 0.5) is 0 Å². The highest BCUT2D eigenvalue weighted by Gasteiger charge is 2.10. The molecule has 1 rings (SSSR count). The fourth-order valence-electron chi connectivity index (χ4n) is 1.62. The standard InChI is InChI=1S/C14H20Cl2N2O3/c1-20-11(9-17)8-14(19)18-5-2-6-21-13-4-3-10(15)7-12(13)16/h3-4,7,11H,2,5-6,8-9,17H2,1H3,(H,18,19). The average Bonchev–Trinajstić information content (AvgIpc) is 2.46. The molecule has 5 nitrogen and oxygen atoms in total. The number of benzene rings is 1. The molecule has 0 aromatic heterocycles. The van der Waals surface area contributed by atoms with Gasteiger partial charge in [0.05, 0.1) is 24.2 Å². The predicted molar refractivity (Wildman–Crippen MR) is 84.1 cm³/mol.